The van der Waals surface area contributed by atoms with E-state index in [1.54, 1.807) is 30.3 Å². The van der Waals surface area contributed by atoms with Crippen LogP contribution in [0.1, 0.15) is 11.7 Å². The van der Waals surface area contributed by atoms with Gasteiger partial charge in [0.15, 0.2) is 0 Å². The monoisotopic (exact) mass is 382 g/mol. The fraction of sp³-hybridized carbons (Fsp3) is 0.278. The molecular weight excluding hydrogens is 366 g/mol. The van der Waals surface area contributed by atoms with E-state index in [1.165, 1.54) is 12.1 Å². The summed E-state index contributed by atoms with van der Waals surface area (Å²) in [6.07, 6.45) is -0.183. The van der Waals surface area contributed by atoms with E-state index in [-0.39, 0.29) is 24.4 Å². The van der Waals surface area contributed by atoms with Crippen LogP contribution in [0.4, 0.5) is 10.1 Å². The molecule has 1 fully saturated rings. The van der Waals surface area contributed by atoms with Crippen molar-refractivity contribution in [3.63, 3.8) is 0 Å². The number of halogens is 3. The van der Waals surface area contributed by atoms with Gasteiger partial charge in [0, 0.05) is 13.1 Å². The number of nitrogens with zero attached hydrogens (tertiary/aromatic N) is 1. The minimum Gasteiger partial charge on any atom is -0.371 e. The predicted octanol–water partition coefficient (Wildman–Crippen LogP) is 4.14. The molecule has 1 heterocycles. The Kier molecular flexibility index (Phi) is 5.91. The summed E-state index contributed by atoms with van der Waals surface area (Å²) in [6, 6.07) is 11.3. The lowest BCUT2D eigenvalue weighted by Crippen LogP contribution is -2.42. The van der Waals surface area contributed by atoms with Crippen LogP contribution in [0, 0.1) is 5.82 Å². The van der Waals surface area contributed by atoms with E-state index >= 15 is 0 Å². The zero-order valence-electron chi connectivity index (χ0n) is 13.3. The van der Waals surface area contributed by atoms with E-state index in [1.807, 2.05) is 4.90 Å². The third-order valence-corrected chi connectivity index (χ3v) is 4.80. The molecule has 3 rings (SSSR count). The highest BCUT2D eigenvalue weighted by molar-refractivity contribution is 6.43. The Morgan fingerprint density at radius 2 is 2.00 bits per heavy atom. The Balaban J connectivity index is 1.59. The van der Waals surface area contributed by atoms with Gasteiger partial charge in [0.1, 0.15) is 5.82 Å². The molecule has 4 nitrogen and oxygen atoms in total. The summed E-state index contributed by atoms with van der Waals surface area (Å²) in [5, 5.41) is 3.49. The van der Waals surface area contributed by atoms with Crippen molar-refractivity contribution in [1.82, 2.24) is 4.90 Å². The number of morpholine rings is 1. The van der Waals surface area contributed by atoms with Crippen LogP contribution in [-0.4, -0.2) is 37.0 Å². The number of carbonyl (C=O) groups excluding carboxylic acids is 1. The SMILES string of the molecule is O=C(CN1CCOC(c2ccc(F)cc2)C1)Nc1cccc(Cl)c1Cl. The van der Waals surface area contributed by atoms with Gasteiger partial charge in [0.25, 0.3) is 0 Å². The molecule has 132 valence electrons. The number of benzene rings is 2. The van der Waals surface area contributed by atoms with Crippen molar-refractivity contribution < 1.29 is 13.9 Å². The first-order valence-corrected chi connectivity index (χ1v) is 8.62. The van der Waals surface area contributed by atoms with E-state index in [0.717, 1.165) is 5.56 Å². The minimum atomic E-state index is -0.283. The Hall–Kier alpha value is -1.66. The highest BCUT2D eigenvalue weighted by Crippen LogP contribution is 2.29. The van der Waals surface area contributed by atoms with E-state index in [9.17, 15) is 9.18 Å². The molecule has 0 aliphatic carbocycles. The average molecular weight is 383 g/mol. The number of hydrogen-bond donors (Lipinski definition) is 1. The Bertz CT molecular complexity index is 755. The number of hydrogen-bond acceptors (Lipinski definition) is 3. The van der Waals surface area contributed by atoms with Crippen LogP contribution in [0.3, 0.4) is 0 Å². The van der Waals surface area contributed by atoms with E-state index < -0.39 is 0 Å². The van der Waals surface area contributed by atoms with Crippen molar-refractivity contribution in [2.24, 2.45) is 0 Å². The molecule has 1 N–H and O–H groups in total. The highest BCUT2D eigenvalue weighted by atomic mass is 35.5. The van der Waals surface area contributed by atoms with Crippen molar-refractivity contribution in [3.05, 3.63) is 63.9 Å². The quantitative estimate of drug-likeness (QED) is 0.863. The zero-order valence-corrected chi connectivity index (χ0v) is 14.9. The fourth-order valence-electron chi connectivity index (χ4n) is 2.72. The summed E-state index contributed by atoms with van der Waals surface area (Å²) in [4.78, 5) is 14.3. The molecule has 1 unspecified atom stereocenters. The number of amides is 1. The van der Waals surface area contributed by atoms with Crippen molar-refractivity contribution >= 4 is 34.8 Å². The van der Waals surface area contributed by atoms with Gasteiger partial charge in [-0.1, -0.05) is 41.4 Å². The molecule has 25 heavy (non-hydrogen) atoms. The molecule has 2 aromatic rings. The molecule has 1 aliphatic rings. The van der Waals surface area contributed by atoms with Gasteiger partial charge in [-0.2, -0.15) is 0 Å². The maximum atomic E-state index is 13.0. The lowest BCUT2D eigenvalue weighted by atomic mass is 10.1. The number of rotatable bonds is 4. The topological polar surface area (TPSA) is 41.6 Å². The lowest BCUT2D eigenvalue weighted by Gasteiger charge is -2.32. The first-order chi connectivity index (χ1) is 12.0. The van der Waals surface area contributed by atoms with Gasteiger partial charge < -0.3 is 10.1 Å². The number of anilines is 1. The van der Waals surface area contributed by atoms with Gasteiger partial charge in [-0.05, 0) is 29.8 Å². The highest BCUT2D eigenvalue weighted by Gasteiger charge is 2.23. The average Bonchev–Trinajstić information content (AvgIpc) is 2.60. The van der Waals surface area contributed by atoms with Crippen LogP contribution in [-0.2, 0) is 9.53 Å². The molecule has 1 saturated heterocycles. The normalized spacial score (nSPS) is 18.1. The Morgan fingerprint density at radius 1 is 1.24 bits per heavy atom. The smallest absolute Gasteiger partial charge is 0.238 e. The van der Waals surface area contributed by atoms with Gasteiger partial charge in [-0.15, -0.1) is 0 Å². The number of carbonyl (C=O) groups is 1. The second-order valence-electron chi connectivity index (χ2n) is 5.80. The molecule has 1 aliphatic heterocycles. The second kappa shape index (κ2) is 8.15. The molecule has 1 amide bonds. The summed E-state index contributed by atoms with van der Waals surface area (Å²) in [7, 11) is 0. The van der Waals surface area contributed by atoms with Crippen LogP contribution in [0.2, 0.25) is 10.0 Å². The molecule has 1 atom stereocenters. The molecule has 0 aromatic heterocycles. The van der Waals surface area contributed by atoms with Gasteiger partial charge in [0.05, 0.1) is 35.0 Å². The van der Waals surface area contributed by atoms with E-state index in [0.29, 0.717) is 35.4 Å². The van der Waals surface area contributed by atoms with Gasteiger partial charge in [-0.3, -0.25) is 9.69 Å². The van der Waals surface area contributed by atoms with Crippen molar-refractivity contribution in [2.75, 3.05) is 31.6 Å². The minimum absolute atomic E-state index is 0.177. The Labute approximate surface area is 155 Å². The molecule has 0 saturated carbocycles. The van der Waals surface area contributed by atoms with Gasteiger partial charge in [0.2, 0.25) is 5.91 Å². The van der Waals surface area contributed by atoms with Crippen molar-refractivity contribution in [1.29, 1.82) is 0 Å². The molecule has 2 aromatic carbocycles. The first kappa shape index (κ1) is 18.1. The van der Waals surface area contributed by atoms with Crippen LogP contribution in [0.5, 0.6) is 0 Å². The lowest BCUT2D eigenvalue weighted by molar-refractivity contribution is -0.119. The third-order valence-electron chi connectivity index (χ3n) is 3.99. The maximum absolute atomic E-state index is 13.0. The Morgan fingerprint density at radius 3 is 2.76 bits per heavy atom. The summed E-state index contributed by atoms with van der Waals surface area (Å²) >= 11 is 12.0. The summed E-state index contributed by atoms with van der Waals surface area (Å²) in [5.41, 5.74) is 1.38. The zero-order chi connectivity index (χ0) is 17.8. The molecule has 0 spiro atoms. The largest absolute Gasteiger partial charge is 0.371 e. The fourth-order valence-corrected chi connectivity index (χ4v) is 3.07. The van der Waals surface area contributed by atoms with E-state index in [4.69, 9.17) is 27.9 Å². The first-order valence-electron chi connectivity index (χ1n) is 7.86. The van der Waals surface area contributed by atoms with Crippen LogP contribution in [0.15, 0.2) is 42.5 Å². The van der Waals surface area contributed by atoms with E-state index in [2.05, 4.69) is 5.32 Å². The second-order valence-corrected chi connectivity index (χ2v) is 6.58. The maximum Gasteiger partial charge on any atom is 0.238 e. The number of nitrogens with one attached hydrogen (secondary N) is 1. The van der Waals surface area contributed by atoms with Crippen LogP contribution in [0.25, 0.3) is 0 Å². The molecule has 0 radical (unpaired) electrons. The third kappa shape index (κ3) is 4.70. The standard InChI is InChI=1S/C18H17Cl2FN2O2/c19-14-2-1-3-15(18(14)20)22-17(24)11-23-8-9-25-16(10-23)12-4-6-13(21)7-5-12/h1-7,16H,8-11H2,(H,22,24). The van der Waals surface area contributed by atoms with Crippen LogP contribution >= 0.6 is 23.2 Å². The van der Waals surface area contributed by atoms with Crippen molar-refractivity contribution in [2.45, 2.75) is 6.10 Å². The summed E-state index contributed by atoms with van der Waals surface area (Å²) in [5.74, 6) is -0.460. The van der Waals surface area contributed by atoms with Gasteiger partial charge in [-0.25, -0.2) is 4.39 Å². The predicted molar refractivity (Wildman–Crippen MR) is 96.6 cm³/mol. The summed E-state index contributed by atoms with van der Waals surface area (Å²) in [6.45, 7) is 1.92. The molecule has 7 heteroatoms. The van der Waals surface area contributed by atoms with Crippen molar-refractivity contribution in [3.8, 4) is 0 Å². The molecular formula is C18H17Cl2FN2O2. The summed E-state index contributed by atoms with van der Waals surface area (Å²) < 4.78 is 18.8. The van der Waals surface area contributed by atoms with Crippen LogP contribution < -0.4 is 5.32 Å². The molecule has 0 bridgehead atoms. The van der Waals surface area contributed by atoms with Gasteiger partial charge >= 0.3 is 0 Å². The number of ether oxygens (including phenoxy) is 1.